The van der Waals surface area contributed by atoms with Crippen LogP contribution in [0.4, 0.5) is 0 Å². The molecule has 0 unspecified atom stereocenters. The fraction of sp³-hybridized carbons (Fsp3) is 0.0714. The summed E-state index contributed by atoms with van der Waals surface area (Å²) in [6.45, 7) is 0. The molecular weight excluding hydrogens is 386 g/mol. The molecular formula is C14H8BrCl3O2. The molecule has 104 valence electrons. The number of carbonyl (C=O) groups is 1. The van der Waals surface area contributed by atoms with Crippen molar-refractivity contribution in [1.29, 1.82) is 0 Å². The van der Waals surface area contributed by atoms with Gasteiger partial charge in [0.2, 0.25) is 0 Å². The number of hydrogen-bond donors (Lipinski definition) is 0. The normalized spacial score (nSPS) is 10.4. The van der Waals surface area contributed by atoms with Gasteiger partial charge in [-0.15, -0.1) is 0 Å². The Bertz CT molecular complexity index is 666. The molecule has 0 saturated carbocycles. The molecule has 2 aromatic carbocycles. The predicted molar refractivity (Wildman–Crippen MR) is 85.6 cm³/mol. The molecule has 2 nitrogen and oxygen atoms in total. The fourth-order valence-corrected chi connectivity index (χ4v) is 3.04. The third-order valence-electron chi connectivity index (χ3n) is 2.61. The Balaban J connectivity index is 2.50. The average Bonchev–Trinajstić information content (AvgIpc) is 2.39. The van der Waals surface area contributed by atoms with Crippen LogP contribution in [0.1, 0.15) is 15.9 Å². The topological polar surface area (TPSA) is 26.3 Å². The van der Waals surface area contributed by atoms with Crippen molar-refractivity contribution < 1.29 is 9.53 Å². The fourth-order valence-electron chi connectivity index (χ4n) is 1.70. The first kappa shape index (κ1) is 15.6. The first-order valence-electron chi connectivity index (χ1n) is 5.46. The zero-order valence-electron chi connectivity index (χ0n) is 10.2. The molecule has 20 heavy (non-hydrogen) atoms. The maximum atomic E-state index is 12.5. The van der Waals surface area contributed by atoms with Crippen LogP contribution in [0, 0.1) is 0 Å². The van der Waals surface area contributed by atoms with E-state index in [4.69, 9.17) is 39.5 Å². The number of ketones is 1. The van der Waals surface area contributed by atoms with Gasteiger partial charge in [-0.05, 0) is 24.3 Å². The molecule has 0 aliphatic rings. The smallest absolute Gasteiger partial charge is 0.194 e. The van der Waals surface area contributed by atoms with E-state index in [1.807, 2.05) is 0 Å². The Morgan fingerprint density at radius 3 is 2.35 bits per heavy atom. The molecule has 0 saturated heterocycles. The maximum Gasteiger partial charge on any atom is 0.194 e. The van der Waals surface area contributed by atoms with Gasteiger partial charge in [0.05, 0.1) is 17.2 Å². The van der Waals surface area contributed by atoms with Crippen molar-refractivity contribution in [3.05, 3.63) is 61.0 Å². The lowest BCUT2D eigenvalue weighted by Crippen LogP contribution is -2.03. The van der Waals surface area contributed by atoms with Crippen LogP contribution in [0.2, 0.25) is 15.1 Å². The van der Waals surface area contributed by atoms with Crippen LogP contribution in [0.5, 0.6) is 5.75 Å². The van der Waals surface area contributed by atoms with Gasteiger partial charge >= 0.3 is 0 Å². The molecule has 0 aliphatic carbocycles. The summed E-state index contributed by atoms with van der Waals surface area (Å²) >= 11 is 21.4. The molecule has 6 heteroatoms. The van der Waals surface area contributed by atoms with Gasteiger partial charge in [0, 0.05) is 26.7 Å². The highest BCUT2D eigenvalue weighted by Crippen LogP contribution is 2.32. The van der Waals surface area contributed by atoms with Gasteiger partial charge in [0.15, 0.2) is 5.78 Å². The molecule has 0 aromatic heterocycles. The van der Waals surface area contributed by atoms with Gasteiger partial charge in [0.25, 0.3) is 0 Å². The monoisotopic (exact) mass is 392 g/mol. The van der Waals surface area contributed by atoms with Gasteiger partial charge in [-0.1, -0.05) is 50.7 Å². The zero-order valence-corrected chi connectivity index (χ0v) is 14.1. The first-order valence-corrected chi connectivity index (χ1v) is 7.39. The summed E-state index contributed by atoms with van der Waals surface area (Å²) in [6, 6.07) is 7.93. The Morgan fingerprint density at radius 2 is 1.75 bits per heavy atom. The molecule has 0 radical (unpaired) electrons. The lowest BCUT2D eigenvalue weighted by atomic mass is 10.0. The predicted octanol–water partition coefficient (Wildman–Crippen LogP) is 5.65. The minimum Gasteiger partial charge on any atom is -0.495 e. The summed E-state index contributed by atoms with van der Waals surface area (Å²) < 4.78 is 5.76. The van der Waals surface area contributed by atoms with E-state index in [1.54, 1.807) is 18.2 Å². The van der Waals surface area contributed by atoms with E-state index < -0.39 is 0 Å². The van der Waals surface area contributed by atoms with E-state index in [-0.39, 0.29) is 10.8 Å². The SMILES string of the molecule is COc1cc(Cl)c(C(=O)c2cc(Cl)cc(Br)c2)cc1Cl. The standard InChI is InChI=1S/C14H8BrCl3O2/c1-20-13-6-11(17)10(5-12(13)18)14(19)7-2-8(15)4-9(16)3-7/h2-6H,1H3. The van der Waals surface area contributed by atoms with E-state index in [0.717, 1.165) is 0 Å². The highest BCUT2D eigenvalue weighted by molar-refractivity contribution is 9.10. The molecule has 0 amide bonds. The number of methoxy groups -OCH3 is 1. The number of carbonyl (C=O) groups excluding carboxylic acids is 1. The second-order valence-electron chi connectivity index (χ2n) is 3.95. The van der Waals surface area contributed by atoms with Crippen LogP contribution in [-0.2, 0) is 0 Å². The average molecular weight is 394 g/mol. The number of hydrogen-bond acceptors (Lipinski definition) is 2. The zero-order chi connectivity index (χ0) is 14.9. The minimum atomic E-state index is -0.261. The molecule has 2 aromatic rings. The van der Waals surface area contributed by atoms with Crippen LogP contribution in [0.15, 0.2) is 34.8 Å². The molecule has 0 bridgehead atoms. The van der Waals surface area contributed by atoms with Crippen molar-refractivity contribution in [2.45, 2.75) is 0 Å². The summed E-state index contributed by atoms with van der Waals surface area (Å²) in [7, 11) is 1.48. The minimum absolute atomic E-state index is 0.261. The van der Waals surface area contributed by atoms with Crippen LogP contribution in [0.3, 0.4) is 0 Å². The number of benzene rings is 2. The second kappa shape index (κ2) is 6.35. The van der Waals surface area contributed by atoms with Crippen LogP contribution >= 0.6 is 50.7 Å². The van der Waals surface area contributed by atoms with Crippen molar-refractivity contribution in [3.8, 4) is 5.75 Å². The molecule has 0 spiro atoms. The summed E-state index contributed by atoms with van der Waals surface area (Å²) in [5, 5.41) is 1.05. The molecule has 0 heterocycles. The third-order valence-corrected chi connectivity index (χ3v) is 3.89. The van der Waals surface area contributed by atoms with Crippen LogP contribution < -0.4 is 4.74 Å². The number of ether oxygens (including phenoxy) is 1. The molecule has 0 aliphatic heterocycles. The quantitative estimate of drug-likeness (QED) is 0.629. The second-order valence-corrected chi connectivity index (χ2v) is 6.12. The lowest BCUT2D eigenvalue weighted by Gasteiger charge is -2.09. The summed E-state index contributed by atoms with van der Waals surface area (Å²) in [4.78, 5) is 12.5. The maximum absolute atomic E-state index is 12.5. The van der Waals surface area contributed by atoms with E-state index in [2.05, 4.69) is 15.9 Å². The highest BCUT2D eigenvalue weighted by Gasteiger charge is 2.17. The summed E-state index contributed by atoms with van der Waals surface area (Å²) in [5.41, 5.74) is 0.721. The van der Waals surface area contributed by atoms with Crippen molar-refractivity contribution in [2.75, 3.05) is 7.11 Å². The largest absolute Gasteiger partial charge is 0.495 e. The first-order chi connectivity index (χ1) is 9.42. The van der Waals surface area contributed by atoms with E-state index in [9.17, 15) is 4.79 Å². The van der Waals surface area contributed by atoms with Crippen molar-refractivity contribution in [3.63, 3.8) is 0 Å². The summed E-state index contributed by atoms with van der Waals surface area (Å²) in [5.74, 6) is 0.156. The van der Waals surface area contributed by atoms with Gasteiger partial charge in [-0.3, -0.25) is 4.79 Å². The van der Waals surface area contributed by atoms with E-state index in [0.29, 0.717) is 31.4 Å². The van der Waals surface area contributed by atoms with Gasteiger partial charge < -0.3 is 4.74 Å². The number of halogens is 4. The van der Waals surface area contributed by atoms with Crippen LogP contribution in [-0.4, -0.2) is 12.9 Å². The Labute approximate surface area is 139 Å². The van der Waals surface area contributed by atoms with Crippen molar-refractivity contribution in [1.82, 2.24) is 0 Å². The van der Waals surface area contributed by atoms with Gasteiger partial charge in [0.1, 0.15) is 5.75 Å². The Kier molecular flexibility index (Phi) is 4.97. The molecule has 2 rings (SSSR count). The van der Waals surface area contributed by atoms with Crippen LogP contribution in [0.25, 0.3) is 0 Å². The highest BCUT2D eigenvalue weighted by atomic mass is 79.9. The molecule has 0 fully saturated rings. The van der Waals surface area contributed by atoms with Crippen molar-refractivity contribution >= 4 is 56.5 Å². The number of rotatable bonds is 3. The van der Waals surface area contributed by atoms with E-state index >= 15 is 0 Å². The Hall–Kier alpha value is -0.740. The third kappa shape index (κ3) is 3.29. The summed E-state index contributed by atoms with van der Waals surface area (Å²) in [6.07, 6.45) is 0. The Morgan fingerprint density at radius 1 is 1.05 bits per heavy atom. The van der Waals surface area contributed by atoms with Crippen molar-refractivity contribution in [2.24, 2.45) is 0 Å². The lowest BCUT2D eigenvalue weighted by molar-refractivity contribution is 0.103. The molecule has 0 atom stereocenters. The van der Waals surface area contributed by atoms with Gasteiger partial charge in [-0.25, -0.2) is 0 Å². The van der Waals surface area contributed by atoms with E-state index in [1.165, 1.54) is 19.2 Å². The van der Waals surface area contributed by atoms with Gasteiger partial charge in [-0.2, -0.15) is 0 Å². The molecule has 0 N–H and O–H groups in total.